The molecule has 4 heteroatoms. The number of hydrogen-bond acceptors (Lipinski definition) is 3. The maximum absolute atomic E-state index is 3.48. The quantitative estimate of drug-likeness (QED) is 0.918. The van der Waals surface area contributed by atoms with Crippen LogP contribution < -0.4 is 5.32 Å². The first-order valence-corrected chi connectivity index (χ1v) is 7.70. The van der Waals surface area contributed by atoms with Crippen LogP contribution in [0.5, 0.6) is 0 Å². The summed E-state index contributed by atoms with van der Waals surface area (Å²) in [5.41, 5.74) is 5.62. The van der Waals surface area contributed by atoms with Crippen LogP contribution in [0.3, 0.4) is 0 Å². The average Bonchev–Trinajstić information content (AvgIpc) is 2.76. The van der Waals surface area contributed by atoms with E-state index in [1.54, 1.807) is 0 Å². The molecular formula is C17H26N4. The zero-order chi connectivity index (χ0) is 15.3. The number of hydrazine groups is 1. The Morgan fingerprint density at radius 3 is 2.57 bits per heavy atom. The first-order valence-electron chi connectivity index (χ1n) is 7.70. The van der Waals surface area contributed by atoms with Gasteiger partial charge < -0.3 is 4.57 Å². The van der Waals surface area contributed by atoms with Crippen molar-refractivity contribution in [3.8, 4) is 0 Å². The average molecular weight is 286 g/mol. The van der Waals surface area contributed by atoms with E-state index in [1.165, 1.54) is 27.7 Å². The van der Waals surface area contributed by atoms with Gasteiger partial charge in [0.1, 0.15) is 6.17 Å². The summed E-state index contributed by atoms with van der Waals surface area (Å²) in [5.74, 6) is 0. The number of nitrogens with one attached hydrogen (secondary N) is 1. The fraction of sp³-hybridized carbons (Fsp3) is 0.529. The molecule has 0 saturated carbocycles. The monoisotopic (exact) mass is 286 g/mol. The second kappa shape index (κ2) is 5.13. The van der Waals surface area contributed by atoms with Crippen LogP contribution in [0.4, 0.5) is 0 Å². The molecule has 0 radical (unpaired) electrons. The van der Waals surface area contributed by atoms with E-state index in [9.17, 15) is 0 Å². The number of hydrogen-bond donors (Lipinski definition) is 1. The molecule has 1 unspecified atom stereocenters. The fourth-order valence-corrected chi connectivity index (χ4v) is 3.70. The second-order valence-corrected chi connectivity index (χ2v) is 6.38. The minimum absolute atomic E-state index is 0.225. The lowest BCUT2D eigenvalue weighted by molar-refractivity contribution is -0.0478. The summed E-state index contributed by atoms with van der Waals surface area (Å²) >= 11 is 0. The van der Waals surface area contributed by atoms with Gasteiger partial charge in [0, 0.05) is 36.8 Å². The molecule has 4 nitrogen and oxygen atoms in total. The summed E-state index contributed by atoms with van der Waals surface area (Å²) in [4.78, 5) is 0. The third kappa shape index (κ3) is 2.01. The van der Waals surface area contributed by atoms with E-state index >= 15 is 0 Å². The standard InChI is InChI=1S/C17H26N4/c1-11(2)21-14-10-19(5)20(6)17(18-4)15(14)13-9-7-8-12(3)16(13)21/h7-9,11,17-18H,10H2,1-6H3. The summed E-state index contributed by atoms with van der Waals surface area (Å²) in [6.45, 7) is 7.72. The molecule has 3 rings (SSSR count). The summed E-state index contributed by atoms with van der Waals surface area (Å²) in [6.07, 6.45) is 0.225. The third-order valence-electron chi connectivity index (χ3n) is 4.72. The SMILES string of the molecule is CNC1c2c(n(C(C)C)c3c(C)cccc23)CN(C)N1C. The van der Waals surface area contributed by atoms with Gasteiger partial charge in [0.05, 0.1) is 12.1 Å². The molecule has 1 aliphatic heterocycles. The highest BCUT2D eigenvalue weighted by Gasteiger charge is 2.33. The molecular weight excluding hydrogens is 260 g/mol. The van der Waals surface area contributed by atoms with E-state index in [1.807, 2.05) is 7.05 Å². The van der Waals surface area contributed by atoms with E-state index in [2.05, 4.69) is 73.0 Å². The molecule has 114 valence electrons. The zero-order valence-corrected chi connectivity index (χ0v) is 13.9. The summed E-state index contributed by atoms with van der Waals surface area (Å²) in [7, 11) is 6.35. The van der Waals surface area contributed by atoms with Gasteiger partial charge in [-0.1, -0.05) is 18.2 Å². The van der Waals surface area contributed by atoms with Crippen molar-refractivity contribution in [2.75, 3.05) is 21.1 Å². The Kier molecular flexibility index (Phi) is 3.56. The molecule has 1 aliphatic rings. The van der Waals surface area contributed by atoms with E-state index < -0.39 is 0 Å². The van der Waals surface area contributed by atoms with Crippen LogP contribution in [0.15, 0.2) is 18.2 Å². The lowest BCUT2D eigenvalue weighted by Crippen LogP contribution is -2.48. The van der Waals surface area contributed by atoms with Gasteiger partial charge in [-0.2, -0.15) is 0 Å². The van der Waals surface area contributed by atoms with E-state index in [4.69, 9.17) is 0 Å². The van der Waals surface area contributed by atoms with Gasteiger partial charge in [-0.05, 0) is 33.4 Å². The van der Waals surface area contributed by atoms with Crippen LogP contribution in [0.2, 0.25) is 0 Å². The van der Waals surface area contributed by atoms with Gasteiger partial charge in [0.15, 0.2) is 0 Å². The van der Waals surface area contributed by atoms with Crippen molar-refractivity contribution < 1.29 is 0 Å². The van der Waals surface area contributed by atoms with Gasteiger partial charge in [-0.3, -0.25) is 5.32 Å². The minimum Gasteiger partial charge on any atom is -0.340 e. The lowest BCUT2D eigenvalue weighted by Gasteiger charge is -2.40. The van der Waals surface area contributed by atoms with Crippen molar-refractivity contribution >= 4 is 10.9 Å². The molecule has 0 fully saturated rings. The van der Waals surface area contributed by atoms with Gasteiger partial charge in [0.25, 0.3) is 0 Å². The van der Waals surface area contributed by atoms with Gasteiger partial charge in [-0.15, -0.1) is 0 Å². The first kappa shape index (κ1) is 14.6. The van der Waals surface area contributed by atoms with Crippen LogP contribution in [0.25, 0.3) is 10.9 Å². The van der Waals surface area contributed by atoms with Gasteiger partial charge >= 0.3 is 0 Å². The Labute approximate surface area is 127 Å². The van der Waals surface area contributed by atoms with Gasteiger partial charge in [0.2, 0.25) is 0 Å². The Hall–Kier alpha value is -1.36. The van der Waals surface area contributed by atoms with Crippen LogP contribution >= 0.6 is 0 Å². The molecule has 1 N–H and O–H groups in total. The fourth-order valence-electron chi connectivity index (χ4n) is 3.70. The number of aromatic nitrogens is 1. The van der Waals surface area contributed by atoms with E-state index in [0.717, 1.165) is 6.54 Å². The number of rotatable bonds is 2. The maximum atomic E-state index is 3.48. The van der Waals surface area contributed by atoms with E-state index in [-0.39, 0.29) is 6.17 Å². The van der Waals surface area contributed by atoms with Crippen LogP contribution in [-0.2, 0) is 6.54 Å². The zero-order valence-electron chi connectivity index (χ0n) is 13.9. The highest BCUT2D eigenvalue weighted by Crippen LogP contribution is 2.39. The number of aryl methyl sites for hydroxylation is 1. The predicted molar refractivity (Wildman–Crippen MR) is 88.1 cm³/mol. The van der Waals surface area contributed by atoms with Crippen LogP contribution in [-0.4, -0.2) is 35.7 Å². The number of benzene rings is 1. The second-order valence-electron chi connectivity index (χ2n) is 6.38. The number of nitrogens with zero attached hydrogens (tertiary/aromatic N) is 3. The number of fused-ring (bicyclic) bond motifs is 3. The Balaban J connectivity index is 2.40. The van der Waals surface area contributed by atoms with Crippen molar-refractivity contribution in [1.29, 1.82) is 0 Å². The molecule has 0 spiro atoms. The Morgan fingerprint density at radius 1 is 1.24 bits per heavy atom. The van der Waals surface area contributed by atoms with Crippen molar-refractivity contribution in [1.82, 2.24) is 19.9 Å². The topological polar surface area (TPSA) is 23.4 Å². The molecule has 0 amide bonds. The third-order valence-corrected chi connectivity index (χ3v) is 4.72. The molecule has 1 aromatic heterocycles. The first-order chi connectivity index (χ1) is 9.97. The molecule has 1 aromatic carbocycles. The largest absolute Gasteiger partial charge is 0.340 e. The molecule has 21 heavy (non-hydrogen) atoms. The van der Waals surface area contributed by atoms with Crippen molar-refractivity contribution in [3.05, 3.63) is 35.0 Å². The lowest BCUT2D eigenvalue weighted by atomic mass is 10.0. The van der Waals surface area contributed by atoms with Gasteiger partial charge in [-0.25, -0.2) is 10.0 Å². The van der Waals surface area contributed by atoms with E-state index in [0.29, 0.717) is 6.04 Å². The minimum atomic E-state index is 0.225. The molecule has 2 heterocycles. The van der Waals surface area contributed by atoms with Crippen molar-refractivity contribution in [2.45, 2.75) is 39.5 Å². The molecule has 2 aromatic rings. The molecule has 0 aliphatic carbocycles. The van der Waals surface area contributed by atoms with Crippen LogP contribution in [0.1, 0.15) is 42.9 Å². The normalized spacial score (nSPS) is 20.4. The summed E-state index contributed by atoms with van der Waals surface area (Å²) < 4.78 is 2.52. The highest BCUT2D eigenvalue weighted by molar-refractivity contribution is 5.89. The Morgan fingerprint density at radius 2 is 1.95 bits per heavy atom. The number of para-hydroxylation sites is 1. The van der Waals surface area contributed by atoms with Crippen molar-refractivity contribution in [2.24, 2.45) is 0 Å². The Bertz CT molecular complexity index is 671. The molecule has 0 saturated heterocycles. The smallest absolute Gasteiger partial charge is 0.101 e. The summed E-state index contributed by atoms with van der Waals surface area (Å²) in [6, 6.07) is 7.12. The van der Waals surface area contributed by atoms with Crippen molar-refractivity contribution in [3.63, 3.8) is 0 Å². The highest BCUT2D eigenvalue weighted by atomic mass is 15.6. The summed E-state index contributed by atoms with van der Waals surface area (Å²) in [5, 5.41) is 9.44. The van der Waals surface area contributed by atoms with Crippen LogP contribution in [0, 0.1) is 6.92 Å². The molecule has 1 atom stereocenters. The maximum Gasteiger partial charge on any atom is 0.101 e. The molecule has 0 bridgehead atoms. The predicted octanol–water partition coefficient (Wildman–Crippen LogP) is 3.04.